The predicted octanol–water partition coefficient (Wildman–Crippen LogP) is 2.73. The van der Waals surface area contributed by atoms with Crippen LogP contribution in [0.1, 0.15) is 36.9 Å². The minimum absolute atomic E-state index is 0.180. The molecule has 4 unspecified atom stereocenters. The van der Waals surface area contributed by atoms with E-state index in [1.165, 1.54) is 31.2 Å². The molecule has 1 aromatic heterocycles. The van der Waals surface area contributed by atoms with Crippen molar-refractivity contribution in [2.24, 2.45) is 17.8 Å². The van der Waals surface area contributed by atoms with E-state index in [-0.39, 0.29) is 6.10 Å². The minimum atomic E-state index is -0.180. The monoisotopic (exact) mass is 231 g/mol. The predicted molar refractivity (Wildman–Crippen MR) is 67.6 cm³/mol. The second-order valence-electron chi connectivity index (χ2n) is 5.94. The molecule has 0 aliphatic heterocycles. The van der Waals surface area contributed by atoms with Crippen LogP contribution in [0, 0.1) is 24.7 Å². The number of hydrogen-bond acceptors (Lipinski definition) is 2. The molecule has 0 amide bonds. The lowest BCUT2D eigenvalue weighted by molar-refractivity contribution is 0.0743. The second kappa shape index (κ2) is 4.41. The first-order chi connectivity index (χ1) is 8.22. The molecular formula is C15H21NO. The van der Waals surface area contributed by atoms with E-state index in [1.54, 1.807) is 0 Å². The Labute approximate surface area is 103 Å². The largest absolute Gasteiger partial charge is 0.392 e. The average Bonchev–Trinajstić information content (AvgIpc) is 2.94. The van der Waals surface area contributed by atoms with Gasteiger partial charge in [0.15, 0.2) is 0 Å². The fourth-order valence-electron chi connectivity index (χ4n) is 3.75. The molecule has 0 radical (unpaired) electrons. The molecule has 2 nitrogen and oxygen atoms in total. The molecule has 2 bridgehead atoms. The zero-order valence-electron chi connectivity index (χ0n) is 10.5. The molecular weight excluding hydrogens is 210 g/mol. The molecule has 0 spiro atoms. The highest BCUT2D eigenvalue weighted by Gasteiger charge is 2.42. The molecule has 17 heavy (non-hydrogen) atoms. The van der Waals surface area contributed by atoms with Gasteiger partial charge in [-0.15, -0.1) is 0 Å². The van der Waals surface area contributed by atoms with Crippen LogP contribution < -0.4 is 0 Å². The molecule has 2 saturated carbocycles. The maximum Gasteiger partial charge on any atom is 0.0626 e. The zero-order valence-corrected chi connectivity index (χ0v) is 10.5. The minimum Gasteiger partial charge on any atom is -0.392 e. The lowest BCUT2D eigenvalue weighted by Gasteiger charge is -2.26. The summed E-state index contributed by atoms with van der Waals surface area (Å²) in [6.45, 7) is 2.04. The Morgan fingerprint density at radius 3 is 2.82 bits per heavy atom. The topological polar surface area (TPSA) is 33.1 Å². The van der Waals surface area contributed by atoms with Crippen molar-refractivity contribution in [3.8, 4) is 0 Å². The van der Waals surface area contributed by atoms with E-state index in [4.69, 9.17) is 0 Å². The van der Waals surface area contributed by atoms with Crippen molar-refractivity contribution in [2.45, 2.75) is 45.1 Å². The van der Waals surface area contributed by atoms with Gasteiger partial charge < -0.3 is 5.11 Å². The first-order valence-electron chi connectivity index (χ1n) is 6.82. The van der Waals surface area contributed by atoms with Gasteiger partial charge in [0.2, 0.25) is 0 Å². The lowest BCUT2D eigenvalue weighted by atomic mass is 9.83. The normalized spacial score (nSPS) is 32.9. The Kier molecular flexibility index (Phi) is 2.91. The zero-order chi connectivity index (χ0) is 11.8. The van der Waals surface area contributed by atoms with Gasteiger partial charge in [0.25, 0.3) is 0 Å². The smallest absolute Gasteiger partial charge is 0.0626 e. The van der Waals surface area contributed by atoms with Crippen LogP contribution in [0.5, 0.6) is 0 Å². The summed E-state index contributed by atoms with van der Waals surface area (Å²) in [5, 5.41) is 10.4. The van der Waals surface area contributed by atoms with Crippen LogP contribution in [-0.4, -0.2) is 16.2 Å². The molecule has 0 aromatic carbocycles. The number of hydrogen-bond donors (Lipinski definition) is 1. The van der Waals surface area contributed by atoms with Crippen LogP contribution in [0.4, 0.5) is 0 Å². The van der Waals surface area contributed by atoms with E-state index in [0.29, 0.717) is 5.92 Å². The third-order valence-corrected chi connectivity index (χ3v) is 4.68. The van der Waals surface area contributed by atoms with Crippen molar-refractivity contribution < 1.29 is 5.11 Å². The summed E-state index contributed by atoms with van der Waals surface area (Å²) in [4.78, 5) is 4.39. The number of aromatic nitrogens is 1. The van der Waals surface area contributed by atoms with Gasteiger partial charge in [0, 0.05) is 18.3 Å². The Balaban J connectivity index is 1.63. The van der Waals surface area contributed by atoms with Gasteiger partial charge in [-0.2, -0.15) is 0 Å². The SMILES string of the molecule is Cc1ccc(CC(O)C2CC3CCC2C3)nc1. The van der Waals surface area contributed by atoms with Crippen molar-refractivity contribution in [1.82, 2.24) is 4.98 Å². The maximum atomic E-state index is 10.4. The molecule has 2 fully saturated rings. The van der Waals surface area contributed by atoms with E-state index >= 15 is 0 Å². The third kappa shape index (κ3) is 2.23. The summed E-state index contributed by atoms with van der Waals surface area (Å²) in [7, 11) is 0. The van der Waals surface area contributed by atoms with Gasteiger partial charge >= 0.3 is 0 Å². The van der Waals surface area contributed by atoms with Gasteiger partial charge in [0.1, 0.15) is 0 Å². The van der Waals surface area contributed by atoms with E-state index in [9.17, 15) is 5.11 Å². The van der Waals surface area contributed by atoms with Crippen LogP contribution in [0.25, 0.3) is 0 Å². The number of aryl methyl sites for hydroxylation is 1. The van der Waals surface area contributed by atoms with Crippen LogP contribution in [0.15, 0.2) is 18.3 Å². The van der Waals surface area contributed by atoms with Crippen molar-refractivity contribution in [2.75, 3.05) is 0 Å². The van der Waals surface area contributed by atoms with Gasteiger partial charge in [-0.05, 0) is 55.6 Å². The second-order valence-corrected chi connectivity index (χ2v) is 5.94. The molecule has 1 N–H and O–H groups in total. The highest BCUT2D eigenvalue weighted by Crippen LogP contribution is 2.49. The van der Waals surface area contributed by atoms with E-state index in [2.05, 4.69) is 11.1 Å². The quantitative estimate of drug-likeness (QED) is 0.867. The molecule has 2 aliphatic rings. The van der Waals surface area contributed by atoms with Gasteiger partial charge in [-0.3, -0.25) is 4.98 Å². The number of nitrogens with zero attached hydrogens (tertiary/aromatic N) is 1. The molecule has 1 heterocycles. The molecule has 2 aliphatic carbocycles. The summed E-state index contributed by atoms with van der Waals surface area (Å²) in [6, 6.07) is 4.13. The van der Waals surface area contributed by atoms with Gasteiger partial charge in [-0.25, -0.2) is 0 Å². The van der Waals surface area contributed by atoms with E-state index < -0.39 is 0 Å². The van der Waals surface area contributed by atoms with E-state index in [1.807, 2.05) is 19.2 Å². The Morgan fingerprint density at radius 1 is 1.35 bits per heavy atom. The summed E-state index contributed by atoms with van der Waals surface area (Å²) in [5.74, 6) is 2.24. The Morgan fingerprint density at radius 2 is 2.24 bits per heavy atom. The number of aliphatic hydroxyl groups excluding tert-OH is 1. The van der Waals surface area contributed by atoms with Crippen LogP contribution in [0.3, 0.4) is 0 Å². The Hall–Kier alpha value is -0.890. The van der Waals surface area contributed by atoms with Crippen molar-refractivity contribution in [3.63, 3.8) is 0 Å². The van der Waals surface area contributed by atoms with Crippen LogP contribution >= 0.6 is 0 Å². The van der Waals surface area contributed by atoms with Crippen molar-refractivity contribution >= 4 is 0 Å². The number of pyridine rings is 1. The molecule has 92 valence electrons. The van der Waals surface area contributed by atoms with Crippen molar-refractivity contribution in [3.05, 3.63) is 29.6 Å². The fraction of sp³-hybridized carbons (Fsp3) is 0.667. The molecule has 4 atom stereocenters. The van der Waals surface area contributed by atoms with Crippen LogP contribution in [-0.2, 0) is 6.42 Å². The molecule has 3 rings (SSSR count). The van der Waals surface area contributed by atoms with Crippen molar-refractivity contribution in [1.29, 1.82) is 0 Å². The molecule has 2 heteroatoms. The Bertz CT molecular complexity index is 386. The number of aliphatic hydroxyl groups is 1. The maximum absolute atomic E-state index is 10.4. The van der Waals surface area contributed by atoms with Gasteiger partial charge in [0.05, 0.1) is 6.10 Å². The standard InChI is InChI=1S/C15H21NO/c1-10-2-5-13(16-9-10)8-15(17)14-7-11-3-4-12(14)6-11/h2,5,9,11-12,14-15,17H,3-4,6-8H2,1H3. The van der Waals surface area contributed by atoms with E-state index in [0.717, 1.165) is 24.0 Å². The molecule has 1 aromatic rings. The summed E-state index contributed by atoms with van der Waals surface area (Å²) in [5.41, 5.74) is 2.22. The molecule has 0 saturated heterocycles. The lowest BCUT2D eigenvalue weighted by Crippen LogP contribution is -2.27. The highest BCUT2D eigenvalue weighted by molar-refractivity contribution is 5.13. The highest BCUT2D eigenvalue weighted by atomic mass is 16.3. The van der Waals surface area contributed by atoms with Gasteiger partial charge in [-0.1, -0.05) is 12.5 Å². The summed E-state index contributed by atoms with van der Waals surface area (Å²) >= 11 is 0. The first kappa shape index (κ1) is 11.2. The average molecular weight is 231 g/mol. The number of rotatable bonds is 3. The third-order valence-electron chi connectivity index (χ3n) is 4.68. The number of fused-ring (bicyclic) bond motifs is 2. The van der Waals surface area contributed by atoms with Crippen LogP contribution in [0.2, 0.25) is 0 Å². The fourth-order valence-corrected chi connectivity index (χ4v) is 3.75. The first-order valence-corrected chi connectivity index (χ1v) is 6.82. The summed E-state index contributed by atoms with van der Waals surface area (Å²) in [6.07, 6.45) is 7.79. The summed E-state index contributed by atoms with van der Waals surface area (Å²) < 4.78 is 0.